The molecule has 1 fully saturated rings. The molecule has 2 heteroatoms. The summed E-state index contributed by atoms with van der Waals surface area (Å²) in [5.74, 6) is 0.820. The third-order valence-corrected chi connectivity index (χ3v) is 5.01. The first-order valence-corrected chi connectivity index (χ1v) is 7.85. The van der Waals surface area contributed by atoms with Crippen molar-refractivity contribution in [2.45, 2.75) is 46.5 Å². The fourth-order valence-electron chi connectivity index (χ4n) is 3.56. The summed E-state index contributed by atoms with van der Waals surface area (Å²) in [5, 5.41) is 9.91. The van der Waals surface area contributed by atoms with Crippen molar-refractivity contribution in [1.29, 1.82) is 0 Å². The van der Waals surface area contributed by atoms with E-state index in [1.807, 2.05) is 0 Å². The van der Waals surface area contributed by atoms with Gasteiger partial charge in [0.15, 0.2) is 0 Å². The van der Waals surface area contributed by atoms with Crippen LogP contribution in [0.25, 0.3) is 0 Å². The smallest absolute Gasteiger partial charge is 0.0504 e. The second-order valence-electron chi connectivity index (χ2n) is 6.99. The minimum absolute atomic E-state index is 0.0958. The molecule has 0 saturated heterocycles. The molecule has 1 aliphatic carbocycles. The second-order valence-corrected chi connectivity index (χ2v) is 6.99. The van der Waals surface area contributed by atoms with Crippen LogP contribution in [0, 0.1) is 25.2 Å². The van der Waals surface area contributed by atoms with Gasteiger partial charge in [-0.1, -0.05) is 37.5 Å². The van der Waals surface area contributed by atoms with Gasteiger partial charge in [0.1, 0.15) is 0 Å². The number of hydrogen-bond acceptors (Lipinski definition) is 2. The molecule has 2 nitrogen and oxygen atoms in total. The molecule has 0 unspecified atom stereocenters. The Balaban J connectivity index is 2.11. The van der Waals surface area contributed by atoms with Gasteiger partial charge in [-0.05, 0) is 44.2 Å². The third-order valence-electron chi connectivity index (χ3n) is 5.01. The van der Waals surface area contributed by atoms with Gasteiger partial charge in [0, 0.05) is 24.7 Å². The van der Waals surface area contributed by atoms with Crippen molar-refractivity contribution in [3.05, 3.63) is 29.3 Å². The van der Waals surface area contributed by atoms with E-state index in [0.29, 0.717) is 6.61 Å². The number of nitrogens with zero attached hydrogens (tertiary/aromatic N) is 1. The van der Waals surface area contributed by atoms with Gasteiger partial charge in [-0.3, -0.25) is 0 Å². The van der Waals surface area contributed by atoms with Crippen molar-refractivity contribution < 1.29 is 5.11 Å². The van der Waals surface area contributed by atoms with Crippen LogP contribution in [-0.2, 0) is 0 Å². The van der Waals surface area contributed by atoms with Gasteiger partial charge >= 0.3 is 0 Å². The number of rotatable bonds is 4. The highest BCUT2D eigenvalue weighted by atomic mass is 16.3. The summed E-state index contributed by atoms with van der Waals surface area (Å²) in [4.78, 5) is 2.33. The fraction of sp³-hybridized carbons (Fsp3) is 0.667. The topological polar surface area (TPSA) is 23.5 Å². The van der Waals surface area contributed by atoms with Gasteiger partial charge in [0.05, 0.1) is 6.61 Å². The molecule has 20 heavy (non-hydrogen) atoms. The molecule has 1 aliphatic rings. The van der Waals surface area contributed by atoms with Gasteiger partial charge in [-0.15, -0.1) is 0 Å². The highest BCUT2D eigenvalue weighted by Crippen LogP contribution is 2.39. The Labute approximate surface area is 123 Å². The molecule has 0 bridgehead atoms. The van der Waals surface area contributed by atoms with Crippen LogP contribution in [0.5, 0.6) is 0 Å². The van der Waals surface area contributed by atoms with E-state index in [1.165, 1.54) is 29.7 Å². The van der Waals surface area contributed by atoms with Gasteiger partial charge in [-0.2, -0.15) is 0 Å². The molecular formula is C18H29NO. The van der Waals surface area contributed by atoms with Crippen molar-refractivity contribution in [3.8, 4) is 0 Å². The van der Waals surface area contributed by atoms with Crippen molar-refractivity contribution in [1.82, 2.24) is 0 Å². The number of hydrogen-bond donors (Lipinski definition) is 1. The molecule has 1 aromatic rings. The van der Waals surface area contributed by atoms with E-state index in [-0.39, 0.29) is 5.41 Å². The molecule has 0 radical (unpaired) electrons. The minimum Gasteiger partial charge on any atom is -0.396 e. The zero-order valence-corrected chi connectivity index (χ0v) is 13.4. The predicted octanol–water partition coefficient (Wildman–Crippen LogP) is 3.93. The van der Waals surface area contributed by atoms with Gasteiger partial charge in [-0.25, -0.2) is 0 Å². The number of anilines is 1. The molecular weight excluding hydrogens is 246 g/mol. The third kappa shape index (κ3) is 3.35. The Morgan fingerprint density at radius 2 is 1.90 bits per heavy atom. The van der Waals surface area contributed by atoms with E-state index in [4.69, 9.17) is 0 Å². The molecule has 2 rings (SSSR count). The van der Waals surface area contributed by atoms with Gasteiger partial charge in [0.25, 0.3) is 0 Å². The highest BCUT2D eigenvalue weighted by Gasteiger charge is 2.34. The van der Waals surface area contributed by atoms with E-state index >= 15 is 0 Å². The van der Waals surface area contributed by atoms with Crippen LogP contribution in [0.15, 0.2) is 18.2 Å². The Morgan fingerprint density at radius 1 is 1.25 bits per heavy atom. The number of benzene rings is 1. The van der Waals surface area contributed by atoms with Crippen molar-refractivity contribution >= 4 is 5.69 Å². The standard InChI is InChI=1S/C18H29NO/c1-14-7-9-18(13-20,10-8-14)12-19(4)17-6-5-15(2)11-16(17)3/h5-6,11,14,20H,7-10,12-13H2,1-4H3. The van der Waals surface area contributed by atoms with Crippen LogP contribution in [-0.4, -0.2) is 25.3 Å². The van der Waals surface area contributed by atoms with E-state index in [0.717, 1.165) is 25.3 Å². The molecule has 1 N–H and O–H groups in total. The average molecular weight is 275 g/mol. The summed E-state index contributed by atoms with van der Waals surface area (Å²) in [6.07, 6.45) is 4.81. The second kappa shape index (κ2) is 6.17. The lowest BCUT2D eigenvalue weighted by Gasteiger charge is -2.41. The van der Waals surface area contributed by atoms with Crippen molar-refractivity contribution in [2.75, 3.05) is 25.1 Å². The van der Waals surface area contributed by atoms with Gasteiger partial charge in [0.2, 0.25) is 0 Å². The van der Waals surface area contributed by atoms with E-state index in [2.05, 4.69) is 50.9 Å². The van der Waals surface area contributed by atoms with Crippen molar-refractivity contribution in [3.63, 3.8) is 0 Å². The first kappa shape index (κ1) is 15.4. The lowest BCUT2D eigenvalue weighted by molar-refractivity contribution is 0.0740. The monoisotopic (exact) mass is 275 g/mol. The average Bonchev–Trinajstić information content (AvgIpc) is 2.41. The van der Waals surface area contributed by atoms with E-state index in [1.54, 1.807) is 0 Å². The van der Waals surface area contributed by atoms with Crippen LogP contribution in [0.2, 0.25) is 0 Å². The zero-order chi connectivity index (χ0) is 14.8. The molecule has 0 atom stereocenters. The maximum atomic E-state index is 9.91. The summed E-state index contributed by atoms with van der Waals surface area (Å²) >= 11 is 0. The Kier molecular flexibility index (Phi) is 4.74. The van der Waals surface area contributed by atoms with Crippen LogP contribution in [0.3, 0.4) is 0 Å². The Bertz CT molecular complexity index is 447. The lowest BCUT2D eigenvalue weighted by atomic mass is 9.71. The summed E-state index contributed by atoms with van der Waals surface area (Å²) in [7, 11) is 2.16. The summed E-state index contributed by atoms with van der Waals surface area (Å²) in [6, 6.07) is 6.62. The first-order valence-electron chi connectivity index (χ1n) is 7.85. The molecule has 0 spiro atoms. The van der Waals surface area contributed by atoms with Crippen molar-refractivity contribution in [2.24, 2.45) is 11.3 Å². The molecule has 0 aromatic heterocycles. The molecule has 112 valence electrons. The van der Waals surface area contributed by atoms with E-state index < -0.39 is 0 Å². The summed E-state index contributed by atoms with van der Waals surface area (Å²) < 4.78 is 0. The molecule has 0 heterocycles. The van der Waals surface area contributed by atoms with Crippen LogP contribution < -0.4 is 4.90 Å². The molecule has 1 aromatic carbocycles. The maximum Gasteiger partial charge on any atom is 0.0504 e. The predicted molar refractivity (Wildman–Crippen MR) is 86.3 cm³/mol. The SMILES string of the molecule is Cc1ccc(N(C)CC2(CO)CCC(C)CC2)c(C)c1. The largest absolute Gasteiger partial charge is 0.396 e. The molecule has 0 amide bonds. The highest BCUT2D eigenvalue weighted by molar-refractivity contribution is 5.54. The summed E-state index contributed by atoms with van der Waals surface area (Å²) in [6.45, 7) is 7.91. The molecule has 1 saturated carbocycles. The van der Waals surface area contributed by atoms with Gasteiger partial charge < -0.3 is 10.0 Å². The Hall–Kier alpha value is -1.02. The zero-order valence-electron chi connectivity index (χ0n) is 13.4. The Morgan fingerprint density at radius 3 is 2.45 bits per heavy atom. The van der Waals surface area contributed by atoms with E-state index in [9.17, 15) is 5.11 Å². The number of aliphatic hydroxyl groups is 1. The van der Waals surface area contributed by atoms with Crippen LogP contribution >= 0.6 is 0 Å². The fourth-order valence-corrected chi connectivity index (χ4v) is 3.56. The van der Waals surface area contributed by atoms with Crippen LogP contribution in [0.4, 0.5) is 5.69 Å². The first-order chi connectivity index (χ1) is 9.46. The maximum absolute atomic E-state index is 9.91. The van der Waals surface area contributed by atoms with Crippen LogP contribution in [0.1, 0.15) is 43.7 Å². The molecule has 0 aliphatic heterocycles. The quantitative estimate of drug-likeness (QED) is 0.900. The normalized spacial score (nSPS) is 26.6. The number of aliphatic hydroxyl groups excluding tert-OH is 1. The summed E-state index contributed by atoms with van der Waals surface area (Å²) in [5.41, 5.74) is 4.02. The lowest BCUT2D eigenvalue weighted by Crippen LogP contribution is -2.41. The minimum atomic E-state index is 0.0958. The number of aryl methyl sites for hydroxylation is 2.